The van der Waals surface area contributed by atoms with Crippen LogP contribution in [0.4, 0.5) is 0 Å². The topological polar surface area (TPSA) is 65.7 Å². The summed E-state index contributed by atoms with van der Waals surface area (Å²) < 4.78 is 13.6. The highest BCUT2D eigenvalue weighted by molar-refractivity contribution is 6.33. The highest BCUT2D eigenvalue weighted by Gasteiger charge is 2.25. The van der Waals surface area contributed by atoms with Crippen molar-refractivity contribution in [3.8, 4) is 0 Å². The first-order valence-electron chi connectivity index (χ1n) is 11.8. The SMILES string of the molecule is CCn1nc(C)c(Cl)c1/C(OC(C)OC(=O)CC(C)C)=C(\C=N/C)c1ccc(C(C)(C)C)cc1. The Bertz CT molecular complexity index is 1040. The first-order valence-corrected chi connectivity index (χ1v) is 12.1. The van der Waals surface area contributed by atoms with E-state index < -0.39 is 6.29 Å². The molecular weight excluding hydrogens is 450 g/mol. The number of esters is 1. The van der Waals surface area contributed by atoms with E-state index in [1.165, 1.54) is 5.56 Å². The van der Waals surface area contributed by atoms with Gasteiger partial charge in [-0.15, -0.1) is 0 Å². The summed E-state index contributed by atoms with van der Waals surface area (Å²) in [5.41, 5.74) is 4.21. The number of benzene rings is 1. The molecule has 1 aromatic heterocycles. The summed E-state index contributed by atoms with van der Waals surface area (Å²) >= 11 is 6.71. The molecule has 7 heteroatoms. The molecule has 1 aromatic carbocycles. The molecule has 2 aromatic rings. The lowest BCUT2D eigenvalue weighted by Gasteiger charge is -2.22. The lowest BCUT2D eigenvalue weighted by Crippen LogP contribution is -2.20. The van der Waals surface area contributed by atoms with Crippen LogP contribution in [0.3, 0.4) is 0 Å². The van der Waals surface area contributed by atoms with E-state index in [1.807, 2.05) is 39.8 Å². The smallest absolute Gasteiger partial charge is 0.309 e. The molecular formula is C27H38ClN3O3. The molecule has 0 amide bonds. The third-order valence-electron chi connectivity index (χ3n) is 5.29. The molecule has 0 aliphatic rings. The highest BCUT2D eigenvalue weighted by atomic mass is 35.5. The van der Waals surface area contributed by atoms with Gasteiger partial charge in [-0.3, -0.25) is 14.5 Å². The third kappa shape index (κ3) is 6.95. The third-order valence-corrected chi connectivity index (χ3v) is 5.74. The number of nitrogens with zero attached hydrogens (tertiary/aromatic N) is 3. The van der Waals surface area contributed by atoms with Gasteiger partial charge in [-0.25, -0.2) is 0 Å². The number of ether oxygens (including phenoxy) is 2. The van der Waals surface area contributed by atoms with Crippen LogP contribution in [0.2, 0.25) is 5.02 Å². The minimum absolute atomic E-state index is 0.0287. The van der Waals surface area contributed by atoms with Crippen LogP contribution in [0, 0.1) is 12.8 Å². The molecule has 0 aliphatic heterocycles. The molecule has 0 spiro atoms. The van der Waals surface area contributed by atoms with Crippen molar-refractivity contribution < 1.29 is 14.3 Å². The fourth-order valence-electron chi connectivity index (χ4n) is 3.55. The molecule has 2 rings (SSSR count). The van der Waals surface area contributed by atoms with Crippen LogP contribution in [0.15, 0.2) is 29.3 Å². The maximum absolute atomic E-state index is 12.3. The summed E-state index contributed by atoms with van der Waals surface area (Å²) in [5, 5.41) is 5.05. The number of hydrogen-bond acceptors (Lipinski definition) is 5. The Hall–Kier alpha value is -2.60. The molecule has 0 saturated carbocycles. The van der Waals surface area contributed by atoms with Crippen molar-refractivity contribution in [2.75, 3.05) is 7.05 Å². The average Bonchev–Trinajstić information content (AvgIpc) is 3.03. The summed E-state index contributed by atoms with van der Waals surface area (Å²) in [6, 6.07) is 8.30. The monoisotopic (exact) mass is 487 g/mol. The summed E-state index contributed by atoms with van der Waals surface area (Å²) in [7, 11) is 1.71. The Kier molecular flexibility index (Phi) is 9.51. The van der Waals surface area contributed by atoms with Gasteiger partial charge in [0.2, 0.25) is 6.29 Å². The van der Waals surface area contributed by atoms with Crippen molar-refractivity contribution >= 4 is 35.1 Å². The van der Waals surface area contributed by atoms with Gasteiger partial charge in [-0.05, 0) is 36.3 Å². The minimum Gasteiger partial charge on any atom is -0.452 e. The van der Waals surface area contributed by atoms with E-state index in [9.17, 15) is 4.79 Å². The fourth-order valence-corrected chi connectivity index (χ4v) is 3.77. The van der Waals surface area contributed by atoms with Gasteiger partial charge >= 0.3 is 5.97 Å². The van der Waals surface area contributed by atoms with Gasteiger partial charge in [0, 0.05) is 38.7 Å². The van der Waals surface area contributed by atoms with Crippen LogP contribution in [-0.2, 0) is 26.2 Å². The summed E-state index contributed by atoms with van der Waals surface area (Å²) in [6.07, 6.45) is 1.23. The lowest BCUT2D eigenvalue weighted by molar-refractivity contribution is -0.165. The average molecular weight is 488 g/mol. The molecule has 186 valence electrons. The Morgan fingerprint density at radius 2 is 1.79 bits per heavy atom. The standard InChI is InChI=1S/C27H38ClN3O3/c1-10-31-25(24(28)18(4)30-31)26(34-19(5)33-23(32)15-17(2)3)22(16-29-9)20-11-13-21(14-12-20)27(6,7)8/h11-14,16-17,19H,10,15H2,1-9H3/b26-22-,29-16-. The molecule has 1 unspecified atom stereocenters. The molecule has 0 aliphatic carbocycles. The number of hydrogen-bond donors (Lipinski definition) is 0. The predicted molar refractivity (Wildman–Crippen MR) is 140 cm³/mol. The maximum Gasteiger partial charge on any atom is 0.309 e. The molecule has 6 nitrogen and oxygen atoms in total. The molecule has 0 fully saturated rings. The summed E-state index contributed by atoms with van der Waals surface area (Å²) in [6.45, 7) is 16.6. The number of carbonyl (C=O) groups is 1. The lowest BCUT2D eigenvalue weighted by atomic mass is 9.86. The number of halogens is 1. The van der Waals surface area contributed by atoms with Crippen molar-refractivity contribution in [1.82, 2.24) is 9.78 Å². The Labute approximate surface area is 209 Å². The van der Waals surface area contributed by atoms with Gasteiger partial charge < -0.3 is 9.47 Å². The molecule has 0 bridgehead atoms. The largest absolute Gasteiger partial charge is 0.452 e. The van der Waals surface area contributed by atoms with E-state index in [-0.39, 0.29) is 17.3 Å². The van der Waals surface area contributed by atoms with Gasteiger partial charge in [0.15, 0.2) is 5.76 Å². The predicted octanol–water partition coefficient (Wildman–Crippen LogP) is 6.68. The second-order valence-electron chi connectivity index (χ2n) is 9.79. The van der Waals surface area contributed by atoms with E-state index in [4.69, 9.17) is 21.1 Å². The number of aliphatic imine (C=N–C) groups is 1. The van der Waals surface area contributed by atoms with Crippen LogP contribution in [0.1, 0.15) is 77.4 Å². The maximum atomic E-state index is 12.3. The van der Waals surface area contributed by atoms with E-state index in [0.29, 0.717) is 35.1 Å². The van der Waals surface area contributed by atoms with Crippen molar-refractivity contribution in [1.29, 1.82) is 0 Å². The first-order chi connectivity index (χ1) is 15.9. The zero-order valence-electron chi connectivity index (χ0n) is 21.9. The van der Waals surface area contributed by atoms with Gasteiger partial charge in [-0.1, -0.05) is 70.5 Å². The normalized spacial score (nSPS) is 13.9. The second kappa shape index (κ2) is 11.7. The van der Waals surface area contributed by atoms with Crippen LogP contribution in [0.25, 0.3) is 11.3 Å². The van der Waals surface area contributed by atoms with Crippen molar-refractivity contribution in [3.63, 3.8) is 0 Å². The van der Waals surface area contributed by atoms with Gasteiger partial charge in [0.25, 0.3) is 0 Å². The number of aryl methyl sites for hydroxylation is 2. The van der Waals surface area contributed by atoms with E-state index in [1.54, 1.807) is 24.9 Å². The molecule has 34 heavy (non-hydrogen) atoms. The number of allylic oxidation sites excluding steroid dienone is 1. The summed E-state index contributed by atoms with van der Waals surface area (Å²) in [4.78, 5) is 16.6. The zero-order chi connectivity index (χ0) is 25.6. The zero-order valence-corrected chi connectivity index (χ0v) is 22.7. The number of aromatic nitrogens is 2. The van der Waals surface area contributed by atoms with E-state index in [2.05, 4.69) is 43.0 Å². The molecule has 0 saturated heterocycles. The Morgan fingerprint density at radius 3 is 2.29 bits per heavy atom. The van der Waals surface area contributed by atoms with Gasteiger partial charge in [0.05, 0.1) is 10.7 Å². The molecule has 0 N–H and O–H groups in total. The summed E-state index contributed by atoms with van der Waals surface area (Å²) in [5.74, 6) is 0.345. The second-order valence-corrected chi connectivity index (χ2v) is 10.2. The fraction of sp³-hybridized carbons (Fsp3) is 0.519. The number of carbonyl (C=O) groups excluding carboxylic acids is 1. The van der Waals surface area contributed by atoms with E-state index in [0.717, 1.165) is 11.1 Å². The van der Waals surface area contributed by atoms with Crippen LogP contribution in [0.5, 0.6) is 0 Å². The van der Waals surface area contributed by atoms with Crippen LogP contribution in [-0.4, -0.2) is 35.3 Å². The van der Waals surface area contributed by atoms with Gasteiger partial charge in [-0.2, -0.15) is 5.10 Å². The van der Waals surface area contributed by atoms with Gasteiger partial charge in [0.1, 0.15) is 5.69 Å². The van der Waals surface area contributed by atoms with Crippen LogP contribution < -0.4 is 0 Å². The van der Waals surface area contributed by atoms with Crippen molar-refractivity contribution in [3.05, 3.63) is 51.8 Å². The highest BCUT2D eigenvalue weighted by Crippen LogP contribution is 2.35. The number of rotatable bonds is 9. The Balaban J connectivity index is 2.67. The molecule has 1 heterocycles. The minimum atomic E-state index is -0.827. The Morgan fingerprint density at radius 1 is 1.18 bits per heavy atom. The first kappa shape index (κ1) is 27.6. The van der Waals surface area contributed by atoms with Crippen molar-refractivity contribution in [2.45, 2.75) is 80.1 Å². The molecule has 0 radical (unpaired) electrons. The van der Waals surface area contributed by atoms with E-state index >= 15 is 0 Å². The molecule has 1 atom stereocenters. The van der Waals surface area contributed by atoms with Crippen LogP contribution >= 0.6 is 11.6 Å². The quantitative estimate of drug-likeness (QED) is 0.171. The van der Waals surface area contributed by atoms with Crippen molar-refractivity contribution in [2.24, 2.45) is 10.9 Å².